The van der Waals surface area contributed by atoms with Crippen LogP contribution in [-0.2, 0) is 0 Å². The van der Waals surface area contributed by atoms with E-state index in [0.717, 1.165) is 10.8 Å². The van der Waals surface area contributed by atoms with E-state index < -0.39 is 16.5 Å². The number of pyridine rings is 1. The minimum absolute atomic E-state index is 0.0332. The maximum Gasteiger partial charge on any atom is 0.327 e. The summed E-state index contributed by atoms with van der Waals surface area (Å²) < 4.78 is 15.4. The van der Waals surface area contributed by atoms with Crippen LogP contribution in [0, 0.1) is 10.1 Å². The molecular formula is C17H19N3O6S. The Morgan fingerprint density at radius 3 is 2.41 bits per heavy atom. The maximum atomic E-state index is 12.7. The van der Waals surface area contributed by atoms with Crippen molar-refractivity contribution >= 4 is 29.0 Å². The van der Waals surface area contributed by atoms with Crippen LogP contribution >= 0.6 is 11.8 Å². The molecule has 0 aliphatic carbocycles. The van der Waals surface area contributed by atoms with Crippen LogP contribution in [0.3, 0.4) is 0 Å². The number of nitro groups is 1. The third-order valence-electron chi connectivity index (χ3n) is 3.52. The molecule has 0 saturated heterocycles. The van der Waals surface area contributed by atoms with Crippen molar-refractivity contribution in [2.75, 3.05) is 32.4 Å². The Kier molecular flexibility index (Phi) is 6.83. The third kappa shape index (κ3) is 4.40. The van der Waals surface area contributed by atoms with Crippen molar-refractivity contribution in [3.8, 4) is 17.2 Å². The van der Waals surface area contributed by atoms with E-state index in [4.69, 9.17) is 14.2 Å². The minimum atomic E-state index is -0.699. The smallest absolute Gasteiger partial charge is 0.327 e. The Bertz CT molecular complexity index is 842. The number of rotatable bonds is 8. The number of amides is 1. The molecule has 0 radical (unpaired) electrons. The summed E-state index contributed by atoms with van der Waals surface area (Å²) in [6.07, 6.45) is 1.49. The summed E-state index contributed by atoms with van der Waals surface area (Å²) in [4.78, 5) is 27.8. The molecule has 144 valence electrons. The van der Waals surface area contributed by atoms with Crippen molar-refractivity contribution in [1.29, 1.82) is 0 Å². The van der Waals surface area contributed by atoms with E-state index in [1.54, 1.807) is 23.9 Å². The number of methoxy groups -OCH3 is 3. The molecule has 0 atom stereocenters. The van der Waals surface area contributed by atoms with Crippen molar-refractivity contribution < 1.29 is 23.9 Å². The highest BCUT2D eigenvalue weighted by atomic mass is 32.2. The van der Waals surface area contributed by atoms with Crippen LogP contribution in [0.25, 0.3) is 0 Å². The van der Waals surface area contributed by atoms with Gasteiger partial charge < -0.3 is 19.5 Å². The number of benzene rings is 1. The van der Waals surface area contributed by atoms with E-state index in [1.807, 2.05) is 6.92 Å². The molecule has 2 rings (SSSR count). The predicted molar refractivity (Wildman–Crippen MR) is 101 cm³/mol. The van der Waals surface area contributed by atoms with Crippen LogP contribution in [0.2, 0.25) is 0 Å². The molecule has 2 aromatic rings. The molecule has 10 heteroatoms. The summed E-state index contributed by atoms with van der Waals surface area (Å²) in [5.41, 5.74) is -0.330. The molecule has 1 N–H and O–H groups in total. The summed E-state index contributed by atoms with van der Waals surface area (Å²) >= 11 is 1.56. The zero-order valence-corrected chi connectivity index (χ0v) is 16.1. The number of hydrogen-bond acceptors (Lipinski definition) is 8. The molecule has 0 fully saturated rings. The van der Waals surface area contributed by atoms with Crippen LogP contribution in [0.1, 0.15) is 17.3 Å². The zero-order valence-electron chi connectivity index (χ0n) is 15.3. The fourth-order valence-electron chi connectivity index (χ4n) is 2.38. The van der Waals surface area contributed by atoms with E-state index in [0.29, 0.717) is 5.69 Å². The van der Waals surface area contributed by atoms with E-state index in [2.05, 4.69) is 10.3 Å². The molecule has 9 nitrogen and oxygen atoms in total. The molecule has 0 spiro atoms. The first-order chi connectivity index (χ1) is 13.0. The van der Waals surface area contributed by atoms with E-state index in [1.165, 1.54) is 33.6 Å². The van der Waals surface area contributed by atoms with Crippen LogP contribution in [0.5, 0.6) is 17.2 Å². The lowest BCUT2D eigenvalue weighted by atomic mass is 10.1. The first-order valence-electron chi connectivity index (χ1n) is 7.84. The SMILES string of the molecule is CCSc1ccc(NC(=O)c2cc(OC)c(OC)c(OC)c2[N+](=O)[O-])cn1. The Morgan fingerprint density at radius 2 is 1.93 bits per heavy atom. The molecule has 0 saturated carbocycles. The quantitative estimate of drug-likeness (QED) is 0.413. The molecule has 1 heterocycles. The highest BCUT2D eigenvalue weighted by Crippen LogP contribution is 2.46. The molecule has 1 aromatic carbocycles. The number of carbonyl (C=O) groups is 1. The standard InChI is InChI=1S/C17H19N3O6S/c1-5-27-13-7-6-10(9-18-13)19-17(21)11-8-12(24-2)15(25-3)16(26-4)14(11)20(22)23/h6-9H,5H2,1-4H3,(H,19,21). The molecule has 1 aromatic heterocycles. The Balaban J connectivity index is 2.46. The lowest BCUT2D eigenvalue weighted by molar-refractivity contribution is -0.386. The van der Waals surface area contributed by atoms with Gasteiger partial charge in [0, 0.05) is 6.07 Å². The molecule has 0 aliphatic heterocycles. The second-order valence-corrected chi connectivity index (χ2v) is 6.36. The fourth-order valence-corrected chi connectivity index (χ4v) is 2.97. The number of anilines is 1. The molecule has 0 unspecified atom stereocenters. The van der Waals surface area contributed by atoms with Crippen LogP contribution in [0.15, 0.2) is 29.4 Å². The predicted octanol–water partition coefficient (Wildman–Crippen LogP) is 3.38. The van der Waals surface area contributed by atoms with E-state index in [9.17, 15) is 14.9 Å². The van der Waals surface area contributed by atoms with Crippen molar-refractivity contribution in [3.05, 3.63) is 40.1 Å². The first-order valence-corrected chi connectivity index (χ1v) is 8.82. The van der Waals surface area contributed by atoms with Crippen molar-refractivity contribution in [2.24, 2.45) is 0 Å². The van der Waals surface area contributed by atoms with Crippen molar-refractivity contribution in [3.63, 3.8) is 0 Å². The normalized spacial score (nSPS) is 10.2. The fraction of sp³-hybridized carbons (Fsp3) is 0.294. The largest absolute Gasteiger partial charge is 0.493 e. The van der Waals surface area contributed by atoms with E-state index in [-0.39, 0.29) is 22.8 Å². The number of nitrogens with one attached hydrogen (secondary N) is 1. The number of carbonyl (C=O) groups excluding carboxylic acids is 1. The van der Waals surface area contributed by atoms with Crippen LogP contribution in [-0.4, -0.2) is 42.9 Å². The lowest BCUT2D eigenvalue weighted by Crippen LogP contribution is -2.15. The third-order valence-corrected chi connectivity index (χ3v) is 4.34. The van der Waals surface area contributed by atoms with Crippen molar-refractivity contribution in [2.45, 2.75) is 11.9 Å². The first kappa shape index (κ1) is 20.3. The number of aromatic nitrogens is 1. The maximum absolute atomic E-state index is 12.7. The molecule has 0 bridgehead atoms. The molecule has 1 amide bonds. The average molecular weight is 393 g/mol. The summed E-state index contributed by atoms with van der Waals surface area (Å²) in [6.45, 7) is 2.01. The van der Waals surface area contributed by atoms with Gasteiger partial charge in [-0.1, -0.05) is 6.92 Å². The lowest BCUT2D eigenvalue weighted by Gasteiger charge is -2.15. The van der Waals surface area contributed by atoms with Gasteiger partial charge in [0.1, 0.15) is 5.56 Å². The summed E-state index contributed by atoms with van der Waals surface area (Å²) in [6, 6.07) is 4.67. The highest BCUT2D eigenvalue weighted by Gasteiger charge is 2.32. The van der Waals surface area contributed by atoms with Gasteiger partial charge in [-0.05, 0) is 17.9 Å². The summed E-state index contributed by atoms with van der Waals surface area (Å²) in [7, 11) is 3.93. The van der Waals surface area contributed by atoms with Gasteiger partial charge in [-0.2, -0.15) is 0 Å². The average Bonchev–Trinajstić information content (AvgIpc) is 2.67. The molecule has 27 heavy (non-hydrogen) atoms. The second-order valence-electron chi connectivity index (χ2n) is 5.07. The monoisotopic (exact) mass is 393 g/mol. The topological polar surface area (TPSA) is 113 Å². The van der Waals surface area contributed by atoms with Gasteiger partial charge in [-0.3, -0.25) is 14.9 Å². The van der Waals surface area contributed by atoms with Gasteiger partial charge in [0.2, 0.25) is 11.5 Å². The number of ether oxygens (including phenoxy) is 3. The van der Waals surface area contributed by atoms with Gasteiger partial charge in [-0.25, -0.2) is 4.98 Å². The van der Waals surface area contributed by atoms with Gasteiger partial charge in [0.15, 0.2) is 5.75 Å². The van der Waals surface area contributed by atoms with Gasteiger partial charge in [0.25, 0.3) is 5.91 Å². The molecule has 0 aliphatic rings. The summed E-state index contributed by atoms with van der Waals surface area (Å²) in [5.74, 6) is 0.151. The highest BCUT2D eigenvalue weighted by molar-refractivity contribution is 7.99. The van der Waals surface area contributed by atoms with Crippen LogP contribution in [0.4, 0.5) is 11.4 Å². The number of hydrogen-bond donors (Lipinski definition) is 1. The number of thioether (sulfide) groups is 1. The van der Waals surface area contributed by atoms with Gasteiger partial charge in [0.05, 0.1) is 43.2 Å². The Labute approximate surface area is 160 Å². The number of nitrogens with zero attached hydrogens (tertiary/aromatic N) is 2. The van der Waals surface area contributed by atoms with Gasteiger partial charge in [-0.15, -0.1) is 11.8 Å². The van der Waals surface area contributed by atoms with Gasteiger partial charge >= 0.3 is 5.69 Å². The van der Waals surface area contributed by atoms with Crippen molar-refractivity contribution in [1.82, 2.24) is 4.98 Å². The second kappa shape index (κ2) is 9.08. The minimum Gasteiger partial charge on any atom is -0.493 e. The number of nitro benzene ring substituents is 1. The van der Waals surface area contributed by atoms with Crippen LogP contribution < -0.4 is 19.5 Å². The zero-order chi connectivity index (χ0) is 20.0. The van der Waals surface area contributed by atoms with E-state index >= 15 is 0 Å². The summed E-state index contributed by atoms with van der Waals surface area (Å²) in [5, 5.41) is 15.0. The molecular weight excluding hydrogens is 374 g/mol. The Hall–Kier alpha value is -3.01. The Morgan fingerprint density at radius 1 is 1.22 bits per heavy atom.